The molecular weight excluding hydrogens is 770 g/mol. The Morgan fingerprint density at radius 3 is 2.41 bits per heavy atom. The molecule has 0 radical (unpaired) electrons. The van der Waals surface area contributed by atoms with Gasteiger partial charge in [-0.2, -0.15) is 0 Å². The van der Waals surface area contributed by atoms with Gasteiger partial charge in [0, 0.05) is 37.5 Å². The van der Waals surface area contributed by atoms with Crippen molar-refractivity contribution >= 4 is 46.4 Å². The average Bonchev–Trinajstić information content (AvgIpc) is 4.05. The Hall–Kier alpha value is -4.08. The molecule has 3 aliphatic carbocycles. The lowest BCUT2D eigenvalue weighted by Crippen LogP contribution is -2.59. The van der Waals surface area contributed by atoms with Gasteiger partial charge in [0.2, 0.25) is 17.7 Å². The quantitative estimate of drug-likeness (QED) is 0.215. The number of nitrogens with one attached hydrogen (secondary N) is 2. The van der Waals surface area contributed by atoms with Gasteiger partial charge in [0.05, 0.1) is 19.8 Å². The summed E-state index contributed by atoms with van der Waals surface area (Å²) in [5.41, 5.74) is -1.76. The number of nitrogens with zero attached hydrogens (tertiary/aromatic N) is 3. The standard InChI is InChI=1S/C42H58ClN5O10/c1-6-25-22-42(25,39(51)52)46-37(49)30-20-28(23-48(30)38(50)36(41(3,4)5)45-40(53)58-27-8-7-24(2)19-27)56-32-21-33(57-26-9-10-26)44-35-29(32)11-12-31(34(35)43)55-18-15-47-13-16-54-17-14-47/h11-12,21,24-28,30,36H,6-10,13-20,22-23H2,1-5H3,(H,45,53)(H,46,49)(H,51,52)/t24-,25+,27+,28+,30-,36+,42+/m0/s1. The van der Waals surface area contributed by atoms with E-state index in [1.54, 1.807) is 12.1 Å². The number of alkyl carbamates (subject to hydrolysis) is 1. The first-order chi connectivity index (χ1) is 27.6. The number of pyridine rings is 1. The van der Waals surface area contributed by atoms with E-state index in [0.29, 0.717) is 71.9 Å². The largest absolute Gasteiger partial charge is 0.491 e. The molecule has 318 valence electrons. The Bertz CT molecular complexity index is 1870. The number of hydrogen-bond donors (Lipinski definition) is 3. The second-order valence-corrected chi connectivity index (χ2v) is 18.2. The average molecular weight is 828 g/mol. The summed E-state index contributed by atoms with van der Waals surface area (Å²) in [7, 11) is 0. The van der Waals surface area contributed by atoms with E-state index >= 15 is 0 Å². The molecule has 0 bridgehead atoms. The Balaban J connectivity index is 1.15. The normalized spacial score (nSPS) is 27.8. The molecule has 2 aliphatic heterocycles. The van der Waals surface area contributed by atoms with Crippen molar-refractivity contribution in [2.75, 3.05) is 46.0 Å². The lowest BCUT2D eigenvalue weighted by Gasteiger charge is -2.35. The van der Waals surface area contributed by atoms with Gasteiger partial charge < -0.3 is 44.3 Å². The minimum Gasteiger partial charge on any atom is -0.491 e. The fraction of sp³-hybridized carbons (Fsp3) is 0.690. The Labute approximate surface area is 344 Å². The summed E-state index contributed by atoms with van der Waals surface area (Å²) < 4.78 is 30.1. The highest BCUT2D eigenvalue weighted by molar-refractivity contribution is 6.36. The third-order valence-corrected chi connectivity index (χ3v) is 12.5. The zero-order chi connectivity index (χ0) is 41.4. The van der Waals surface area contributed by atoms with Crippen LogP contribution in [-0.2, 0) is 23.9 Å². The maximum absolute atomic E-state index is 14.7. The summed E-state index contributed by atoms with van der Waals surface area (Å²) in [6.07, 6.45) is 3.59. The van der Waals surface area contributed by atoms with Gasteiger partial charge in [-0.3, -0.25) is 14.5 Å². The van der Waals surface area contributed by atoms with Crippen molar-refractivity contribution in [3.8, 4) is 17.4 Å². The summed E-state index contributed by atoms with van der Waals surface area (Å²) >= 11 is 6.97. The number of ether oxygens (including phenoxy) is 5. The lowest BCUT2D eigenvalue weighted by atomic mass is 9.85. The van der Waals surface area contributed by atoms with Crippen LogP contribution in [0.25, 0.3) is 10.9 Å². The number of likely N-dealkylation sites (tertiary alicyclic amines) is 1. The molecule has 2 saturated heterocycles. The zero-order valence-electron chi connectivity index (χ0n) is 34.2. The fourth-order valence-electron chi connectivity index (χ4n) is 8.45. The molecule has 1 aromatic heterocycles. The maximum atomic E-state index is 14.7. The second-order valence-electron chi connectivity index (χ2n) is 17.8. The van der Waals surface area contributed by atoms with E-state index in [9.17, 15) is 24.3 Å². The number of benzene rings is 1. The number of halogens is 1. The lowest BCUT2D eigenvalue weighted by molar-refractivity contribution is -0.146. The predicted octanol–water partition coefficient (Wildman–Crippen LogP) is 5.19. The highest BCUT2D eigenvalue weighted by Crippen LogP contribution is 2.46. The molecule has 3 amide bonds. The van der Waals surface area contributed by atoms with E-state index < -0.39 is 53.0 Å². The first-order valence-corrected chi connectivity index (χ1v) is 21.3. The topological polar surface area (TPSA) is 178 Å². The van der Waals surface area contributed by atoms with Crippen LogP contribution in [-0.4, -0.2) is 126 Å². The van der Waals surface area contributed by atoms with Crippen molar-refractivity contribution in [3.05, 3.63) is 23.2 Å². The van der Waals surface area contributed by atoms with Crippen LogP contribution in [0.4, 0.5) is 4.79 Å². The molecule has 58 heavy (non-hydrogen) atoms. The van der Waals surface area contributed by atoms with Crippen molar-refractivity contribution in [1.29, 1.82) is 0 Å². The van der Waals surface area contributed by atoms with Crippen LogP contribution in [0.5, 0.6) is 17.4 Å². The molecule has 3 N–H and O–H groups in total. The molecule has 3 saturated carbocycles. The number of carboxylic acid groups (broad SMARTS) is 1. The molecule has 0 unspecified atom stereocenters. The SMILES string of the molecule is CC[C@@H]1C[C@]1(NC(=O)[C@@H]1C[C@@H](Oc2cc(OC3CC3)nc3c(Cl)c(OCCN4CCOCC4)ccc23)CN1C(=O)[C@@H](NC(=O)O[C@@H]1CC[C@H](C)C1)C(C)(C)C)C(=O)O. The zero-order valence-corrected chi connectivity index (χ0v) is 35.0. The van der Waals surface area contributed by atoms with E-state index in [-0.39, 0.29) is 31.1 Å². The van der Waals surface area contributed by atoms with Gasteiger partial charge in [0.25, 0.3) is 0 Å². The number of morpholine rings is 1. The number of carboxylic acids is 1. The van der Waals surface area contributed by atoms with Gasteiger partial charge in [-0.05, 0) is 67.9 Å². The number of aliphatic carboxylic acids is 1. The van der Waals surface area contributed by atoms with Crippen LogP contribution in [0.15, 0.2) is 18.2 Å². The van der Waals surface area contributed by atoms with Gasteiger partial charge >= 0.3 is 12.1 Å². The van der Waals surface area contributed by atoms with Crippen molar-refractivity contribution in [2.24, 2.45) is 17.3 Å². The third-order valence-electron chi connectivity index (χ3n) is 12.2. The highest BCUT2D eigenvalue weighted by atomic mass is 35.5. The van der Waals surface area contributed by atoms with Gasteiger partial charge in [-0.15, -0.1) is 0 Å². The number of rotatable bonds is 15. The number of hydrogen-bond acceptors (Lipinski definition) is 11. The maximum Gasteiger partial charge on any atom is 0.408 e. The van der Waals surface area contributed by atoms with Gasteiger partial charge in [-0.1, -0.05) is 52.6 Å². The van der Waals surface area contributed by atoms with Crippen LogP contribution in [0.1, 0.15) is 86.0 Å². The molecule has 5 fully saturated rings. The molecule has 1 aromatic carbocycles. The molecule has 15 nitrogen and oxygen atoms in total. The van der Waals surface area contributed by atoms with Crippen molar-refractivity contribution in [2.45, 2.75) is 122 Å². The molecule has 0 spiro atoms. The van der Waals surface area contributed by atoms with Crippen LogP contribution >= 0.6 is 11.6 Å². The Morgan fingerprint density at radius 1 is 1.03 bits per heavy atom. The Morgan fingerprint density at radius 2 is 1.78 bits per heavy atom. The van der Waals surface area contributed by atoms with E-state index in [4.69, 9.17) is 40.3 Å². The predicted molar refractivity (Wildman–Crippen MR) is 214 cm³/mol. The number of carbonyl (C=O) groups is 4. The molecular formula is C42H58ClN5O10. The van der Waals surface area contributed by atoms with E-state index in [1.165, 1.54) is 4.90 Å². The number of carbonyl (C=O) groups excluding carboxylic acids is 3. The van der Waals surface area contributed by atoms with Gasteiger partial charge in [0.15, 0.2) is 0 Å². The van der Waals surface area contributed by atoms with Crippen molar-refractivity contribution in [3.63, 3.8) is 0 Å². The van der Waals surface area contributed by atoms with E-state index in [2.05, 4.69) is 22.5 Å². The summed E-state index contributed by atoms with van der Waals surface area (Å²) in [6.45, 7) is 13.7. The minimum absolute atomic E-state index is 0.0171. The fourth-order valence-corrected chi connectivity index (χ4v) is 8.71. The summed E-state index contributed by atoms with van der Waals surface area (Å²) in [5, 5.41) is 16.7. The van der Waals surface area contributed by atoms with Crippen molar-refractivity contribution < 1.29 is 48.0 Å². The van der Waals surface area contributed by atoms with Gasteiger partial charge in [-0.25, -0.2) is 14.6 Å². The first kappa shape index (κ1) is 42.1. The number of aromatic nitrogens is 1. The van der Waals surface area contributed by atoms with Crippen LogP contribution in [0.2, 0.25) is 5.02 Å². The van der Waals surface area contributed by atoms with E-state index in [1.807, 2.05) is 33.8 Å². The van der Waals surface area contributed by atoms with Crippen molar-refractivity contribution in [1.82, 2.24) is 25.4 Å². The molecule has 3 heterocycles. The number of amides is 3. The molecule has 5 aliphatic rings. The summed E-state index contributed by atoms with van der Waals surface area (Å²) in [5.74, 6) is -0.787. The minimum atomic E-state index is -1.40. The van der Waals surface area contributed by atoms with Crippen LogP contribution in [0, 0.1) is 17.3 Å². The molecule has 2 aromatic rings. The smallest absolute Gasteiger partial charge is 0.408 e. The first-order valence-electron chi connectivity index (χ1n) is 20.9. The molecule has 16 heteroatoms. The monoisotopic (exact) mass is 827 g/mol. The number of fused-ring (bicyclic) bond motifs is 1. The second kappa shape index (κ2) is 17.3. The van der Waals surface area contributed by atoms with Crippen LogP contribution < -0.4 is 24.8 Å². The Kier molecular flexibility index (Phi) is 12.5. The summed E-state index contributed by atoms with van der Waals surface area (Å²) in [6, 6.07) is 3.14. The highest BCUT2D eigenvalue weighted by Gasteiger charge is 2.61. The van der Waals surface area contributed by atoms with E-state index in [0.717, 1.165) is 51.7 Å². The molecule has 7 atom stereocenters. The third kappa shape index (κ3) is 9.52. The van der Waals surface area contributed by atoms with Crippen LogP contribution in [0.3, 0.4) is 0 Å². The van der Waals surface area contributed by atoms with Gasteiger partial charge in [0.1, 0.15) is 64.6 Å². The molecule has 7 rings (SSSR count). The summed E-state index contributed by atoms with van der Waals surface area (Å²) in [4.78, 5) is 63.0.